The van der Waals surface area contributed by atoms with Gasteiger partial charge in [0.1, 0.15) is 5.75 Å². The lowest BCUT2D eigenvalue weighted by Crippen LogP contribution is -2.30. The van der Waals surface area contributed by atoms with Crippen LogP contribution in [0.25, 0.3) is 6.08 Å². The van der Waals surface area contributed by atoms with Crippen molar-refractivity contribution in [2.75, 3.05) is 13.7 Å². The second-order valence-electron chi connectivity index (χ2n) is 4.18. The monoisotopic (exact) mass is 235 g/mol. The van der Waals surface area contributed by atoms with Gasteiger partial charge in [-0.3, -0.25) is 0 Å². The van der Waals surface area contributed by atoms with Crippen LogP contribution in [0.2, 0.25) is 0 Å². The molecule has 0 saturated carbocycles. The van der Waals surface area contributed by atoms with Crippen molar-refractivity contribution in [3.05, 3.63) is 35.9 Å². The molecule has 1 rings (SSSR count). The topological polar surface area (TPSA) is 41.5 Å². The third kappa shape index (κ3) is 5.52. The number of nitrogens with one attached hydrogen (secondary N) is 1. The first-order valence-electron chi connectivity index (χ1n) is 5.85. The fourth-order valence-electron chi connectivity index (χ4n) is 1.43. The molecule has 0 fully saturated rings. The van der Waals surface area contributed by atoms with E-state index in [4.69, 9.17) is 9.84 Å². The molecule has 0 aliphatic heterocycles. The predicted octanol–water partition coefficient (Wildman–Crippen LogP) is 2.07. The molecule has 3 heteroatoms. The third-order valence-electron chi connectivity index (χ3n) is 2.41. The van der Waals surface area contributed by atoms with Crippen LogP contribution in [0.1, 0.15) is 19.4 Å². The molecule has 0 heterocycles. The Hall–Kier alpha value is -1.32. The molecule has 0 aliphatic rings. The van der Waals surface area contributed by atoms with E-state index >= 15 is 0 Å². The first kappa shape index (κ1) is 13.7. The Morgan fingerprint density at radius 1 is 1.41 bits per heavy atom. The first-order valence-corrected chi connectivity index (χ1v) is 5.85. The molecule has 2 atom stereocenters. The number of rotatable bonds is 6. The van der Waals surface area contributed by atoms with Crippen LogP contribution < -0.4 is 10.1 Å². The average Bonchev–Trinajstić information content (AvgIpc) is 2.34. The second-order valence-corrected chi connectivity index (χ2v) is 4.18. The number of aliphatic hydroxyl groups is 1. The summed E-state index contributed by atoms with van der Waals surface area (Å²) in [7, 11) is 1.66. The molecule has 1 aromatic carbocycles. The van der Waals surface area contributed by atoms with Gasteiger partial charge < -0.3 is 15.2 Å². The minimum atomic E-state index is -0.317. The maximum absolute atomic E-state index is 9.15. The van der Waals surface area contributed by atoms with E-state index < -0.39 is 0 Å². The standard InChI is InChI=1S/C14H21NO2/c1-11(15-10-12(2)16)7-8-13-5-4-6-14(9-13)17-3/h4-9,11-12,15-16H,10H2,1-3H3/b8-7+/t11?,12-/m1/s1. The van der Waals surface area contributed by atoms with Crippen LogP contribution in [0.15, 0.2) is 30.3 Å². The first-order chi connectivity index (χ1) is 8.11. The van der Waals surface area contributed by atoms with E-state index in [1.807, 2.05) is 30.3 Å². The summed E-state index contributed by atoms with van der Waals surface area (Å²) in [5.41, 5.74) is 1.11. The lowest BCUT2D eigenvalue weighted by molar-refractivity contribution is 0.189. The van der Waals surface area contributed by atoms with Crippen LogP contribution in [-0.2, 0) is 0 Å². The van der Waals surface area contributed by atoms with Gasteiger partial charge in [-0.25, -0.2) is 0 Å². The summed E-state index contributed by atoms with van der Waals surface area (Å²) in [6.07, 6.45) is 3.79. The quantitative estimate of drug-likeness (QED) is 0.793. The minimum absolute atomic E-state index is 0.232. The summed E-state index contributed by atoms with van der Waals surface area (Å²) in [6, 6.07) is 8.13. The van der Waals surface area contributed by atoms with Crippen LogP contribution in [0, 0.1) is 0 Å². The van der Waals surface area contributed by atoms with Crippen molar-refractivity contribution in [3.8, 4) is 5.75 Å². The largest absolute Gasteiger partial charge is 0.497 e. The van der Waals surface area contributed by atoms with Gasteiger partial charge in [0.15, 0.2) is 0 Å². The van der Waals surface area contributed by atoms with Gasteiger partial charge in [-0.1, -0.05) is 24.3 Å². The third-order valence-corrected chi connectivity index (χ3v) is 2.41. The molecule has 3 nitrogen and oxygen atoms in total. The van der Waals surface area contributed by atoms with Crippen molar-refractivity contribution in [1.82, 2.24) is 5.32 Å². The number of ether oxygens (including phenoxy) is 1. The van der Waals surface area contributed by atoms with Gasteiger partial charge in [0, 0.05) is 12.6 Å². The van der Waals surface area contributed by atoms with E-state index in [1.54, 1.807) is 14.0 Å². The summed E-state index contributed by atoms with van der Waals surface area (Å²) in [5, 5.41) is 12.4. The van der Waals surface area contributed by atoms with Crippen molar-refractivity contribution in [2.45, 2.75) is 26.0 Å². The van der Waals surface area contributed by atoms with Gasteiger partial charge in [0.2, 0.25) is 0 Å². The smallest absolute Gasteiger partial charge is 0.119 e. The van der Waals surface area contributed by atoms with E-state index in [2.05, 4.69) is 18.3 Å². The van der Waals surface area contributed by atoms with Gasteiger partial charge in [-0.05, 0) is 31.5 Å². The second kappa shape index (κ2) is 7.09. The zero-order valence-corrected chi connectivity index (χ0v) is 10.7. The molecule has 2 N–H and O–H groups in total. The van der Waals surface area contributed by atoms with Gasteiger partial charge >= 0.3 is 0 Å². The minimum Gasteiger partial charge on any atom is -0.497 e. The Balaban J connectivity index is 2.51. The van der Waals surface area contributed by atoms with Gasteiger partial charge in [-0.2, -0.15) is 0 Å². The van der Waals surface area contributed by atoms with E-state index in [0.29, 0.717) is 6.54 Å². The molecule has 0 radical (unpaired) electrons. The molecule has 0 aromatic heterocycles. The van der Waals surface area contributed by atoms with Crippen LogP contribution in [0.3, 0.4) is 0 Å². The molecule has 17 heavy (non-hydrogen) atoms. The zero-order valence-electron chi connectivity index (χ0n) is 10.7. The molecule has 1 unspecified atom stereocenters. The fourth-order valence-corrected chi connectivity index (χ4v) is 1.43. The highest BCUT2D eigenvalue weighted by atomic mass is 16.5. The van der Waals surface area contributed by atoms with Crippen molar-refractivity contribution >= 4 is 6.08 Å². The SMILES string of the molecule is COc1cccc(/C=C/C(C)NC[C@@H](C)O)c1. The molecule has 0 spiro atoms. The summed E-state index contributed by atoms with van der Waals surface area (Å²) in [4.78, 5) is 0. The summed E-state index contributed by atoms with van der Waals surface area (Å²) in [6.45, 7) is 4.42. The van der Waals surface area contributed by atoms with Crippen LogP contribution in [-0.4, -0.2) is 30.9 Å². The van der Waals surface area contributed by atoms with Crippen molar-refractivity contribution in [1.29, 1.82) is 0 Å². The summed E-state index contributed by atoms with van der Waals surface area (Å²) >= 11 is 0. The number of hydrogen-bond acceptors (Lipinski definition) is 3. The van der Waals surface area contributed by atoms with Crippen molar-refractivity contribution < 1.29 is 9.84 Å². The van der Waals surface area contributed by atoms with Crippen molar-refractivity contribution in [2.24, 2.45) is 0 Å². The van der Waals surface area contributed by atoms with Gasteiger partial charge in [0.05, 0.1) is 13.2 Å². The van der Waals surface area contributed by atoms with Crippen LogP contribution >= 0.6 is 0 Å². The Bertz CT molecular complexity index is 361. The Morgan fingerprint density at radius 2 is 2.18 bits per heavy atom. The molecule has 0 bridgehead atoms. The maximum atomic E-state index is 9.15. The lowest BCUT2D eigenvalue weighted by Gasteiger charge is -2.11. The molecule has 0 saturated heterocycles. The molecule has 1 aromatic rings. The van der Waals surface area contributed by atoms with E-state index in [1.165, 1.54) is 0 Å². The molecular formula is C14H21NO2. The van der Waals surface area contributed by atoms with Crippen LogP contribution in [0.4, 0.5) is 0 Å². The fraction of sp³-hybridized carbons (Fsp3) is 0.429. The Kier molecular flexibility index (Phi) is 5.73. The van der Waals surface area contributed by atoms with Crippen molar-refractivity contribution in [3.63, 3.8) is 0 Å². The number of hydrogen-bond donors (Lipinski definition) is 2. The van der Waals surface area contributed by atoms with E-state index in [9.17, 15) is 0 Å². The molecule has 94 valence electrons. The highest BCUT2D eigenvalue weighted by molar-refractivity contribution is 5.52. The highest BCUT2D eigenvalue weighted by Gasteiger charge is 1.99. The molecule has 0 amide bonds. The zero-order chi connectivity index (χ0) is 12.7. The van der Waals surface area contributed by atoms with Crippen LogP contribution in [0.5, 0.6) is 5.75 Å². The Morgan fingerprint density at radius 3 is 2.82 bits per heavy atom. The van der Waals surface area contributed by atoms with E-state index in [0.717, 1.165) is 11.3 Å². The predicted molar refractivity (Wildman–Crippen MR) is 71.2 cm³/mol. The lowest BCUT2D eigenvalue weighted by atomic mass is 10.1. The number of methoxy groups -OCH3 is 1. The highest BCUT2D eigenvalue weighted by Crippen LogP contribution is 2.13. The van der Waals surface area contributed by atoms with E-state index in [-0.39, 0.29) is 12.1 Å². The normalized spacial score (nSPS) is 14.8. The van der Waals surface area contributed by atoms with Gasteiger partial charge in [-0.15, -0.1) is 0 Å². The summed E-state index contributed by atoms with van der Waals surface area (Å²) in [5.74, 6) is 0.858. The van der Waals surface area contributed by atoms with Gasteiger partial charge in [0.25, 0.3) is 0 Å². The number of benzene rings is 1. The molecule has 0 aliphatic carbocycles. The summed E-state index contributed by atoms with van der Waals surface area (Å²) < 4.78 is 5.16. The molecular weight excluding hydrogens is 214 g/mol. The maximum Gasteiger partial charge on any atom is 0.119 e. The average molecular weight is 235 g/mol. The Labute approximate surface area is 103 Å². The number of aliphatic hydroxyl groups excluding tert-OH is 1.